The SMILES string of the molecule is O=P(F)(F)OC1=CCCCC1. The van der Waals surface area contributed by atoms with Crippen molar-refractivity contribution in [1.29, 1.82) is 0 Å². The maximum Gasteiger partial charge on any atom is 0.610 e. The van der Waals surface area contributed by atoms with Crippen molar-refractivity contribution in [1.82, 2.24) is 0 Å². The van der Waals surface area contributed by atoms with Gasteiger partial charge in [0.1, 0.15) is 5.76 Å². The highest BCUT2D eigenvalue weighted by Crippen LogP contribution is 2.53. The highest BCUT2D eigenvalue weighted by Gasteiger charge is 2.24. The zero-order valence-electron chi connectivity index (χ0n) is 5.93. The van der Waals surface area contributed by atoms with Crippen molar-refractivity contribution in [3.05, 3.63) is 11.8 Å². The summed E-state index contributed by atoms with van der Waals surface area (Å²) in [6, 6.07) is 0. The lowest BCUT2D eigenvalue weighted by Gasteiger charge is -2.11. The van der Waals surface area contributed by atoms with E-state index in [9.17, 15) is 13.0 Å². The highest BCUT2D eigenvalue weighted by molar-refractivity contribution is 7.47. The van der Waals surface area contributed by atoms with Crippen LogP contribution in [-0.2, 0) is 9.09 Å². The van der Waals surface area contributed by atoms with E-state index in [1.165, 1.54) is 0 Å². The Hall–Kier alpha value is -0.370. The summed E-state index contributed by atoms with van der Waals surface area (Å²) in [5, 5.41) is 0. The van der Waals surface area contributed by atoms with E-state index < -0.39 is 7.99 Å². The van der Waals surface area contributed by atoms with Crippen LogP contribution in [-0.4, -0.2) is 0 Å². The molecule has 0 radical (unpaired) electrons. The van der Waals surface area contributed by atoms with Crippen molar-refractivity contribution >= 4 is 7.99 Å². The van der Waals surface area contributed by atoms with Crippen LogP contribution in [0.15, 0.2) is 11.8 Å². The Labute approximate surface area is 63.9 Å². The molecule has 0 N–H and O–H groups in total. The molecule has 0 spiro atoms. The van der Waals surface area contributed by atoms with Crippen LogP contribution >= 0.6 is 7.99 Å². The Bertz CT molecular complexity index is 209. The van der Waals surface area contributed by atoms with E-state index in [1.54, 1.807) is 6.08 Å². The lowest BCUT2D eigenvalue weighted by Crippen LogP contribution is -1.92. The third-order valence-corrected chi connectivity index (χ3v) is 1.92. The van der Waals surface area contributed by atoms with Gasteiger partial charge in [-0.05, 0) is 25.3 Å². The van der Waals surface area contributed by atoms with Gasteiger partial charge in [-0.25, -0.2) is 4.57 Å². The number of hydrogen-bond donors (Lipinski definition) is 0. The van der Waals surface area contributed by atoms with Gasteiger partial charge in [-0.2, -0.15) is 0 Å². The maximum absolute atomic E-state index is 11.8. The zero-order chi connectivity index (χ0) is 8.32. The van der Waals surface area contributed by atoms with Crippen LogP contribution in [0.2, 0.25) is 0 Å². The highest BCUT2D eigenvalue weighted by atomic mass is 31.2. The van der Waals surface area contributed by atoms with Crippen molar-refractivity contribution in [2.75, 3.05) is 0 Å². The van der Waals surface area contributed by atoms with Gasteiger partial charge in [0, 0.05) is 6.42 Å². The van der Waals surface area contributed by atoms with Crippen LogP contribution in [0.5, 0.6) is 0 Å². The summed E-state index contributed by atoms with van der Waals surface area (Å²) >= 11 is 0. The molecule has 0 fully saturated rings. The molecule has 0 amide bonds. The number of hydrogen-bond acceptors (Lipinski definition) is 2. The fraction of sp³-hybridized carbons (Fsp3) is 0.667. The molecular weight excluding hydrogens is 173 g/mol. The molecule has 0 heterocycles. The first kappa shape index (κ1) is 8.72. The molecule has 0 aliphatic heterocycles. The van der Waals surface area contributed by atoms with Crippen LogP contribution in [0.4, 0.5) is 8.39 Å². The topological polar surface area (TPSA) is 26.3 Å². The van der Waals surface area contributed by atoms with E-state index in [1.807, 2.05) is 0 Å². The van der Waals surface area contributed by atoms with Crippen molar-refractivity contribution in [3.63, 3.8) is 0 Å². The monoisotopic (exact) mass is 182 g/mol. The van der Waals surface area contributed by atoms with Gasteiger partial charge in [0.15, 0.2) is 0 Å². The van der Waals surface area contributed by atoms with Crippen LogP contribution in [0, 0.1) is 0 Å². The molecule has 0 aromatic heterocycles. The third-order valence-electron chi connectivity index (χ3n) is 1.47. The molecule has 0 bridgehead atoms. The van der Waals surface area contributed by atoms with E-state index in [2.05, 4.69) is 4.52 Å². The summed E-state index contributed by atoms with van der Waals surface area (Å²) in [5.74, 6) is 0.185. The van der Waals surface area contributed by atoms with Crippen LogP contribution in [0.25, 0.3) is 0 Å². The normalized spacial score (nSPS) is 19.3. The second kappa shape index (κ2) is 3.35. The van der Waals surface area contributed by atoms with Gasteiger partial charge in [-0.1, -0.05) is 0 Å². The molecular formula is C6H9F2O2P. The predicted molar refractivity (Wildman–Crippen MR) is 37.5 cm³/mol. The van der Waals surface area contributed by atoms with E-state index in [4.69, 9.17) is 0 Å². The van der Waals surface area contributed by atoms with Crippen molar-refractivity contribution in [2.45, 2.75) is 25.7 Å². The average molecular weight is 182 g/mol. The molecule has 2 nitrogen and oxygen atoms in total. The molecule has 1 rings (SSSR count). The summed E-state index contributed by atoms with van der Waals surface area (Å²) in [6.07, 6.45) is 4.64. The van der Waals surface area contributed by atoms with Crippen LogP contribution in [0.3, 0.4) is 0 Å². The molecule has 5 heteroatoms. The predicted octanol–water partition coefficient (Wildman–Crippen LogP) is 3.51. The third kappa shape index (κ3) is 3.51. The van der Waals surface area contributed by atoms with E-state index in [0.29, 0.717) is 6.42 Å². The summed E-state index contributed by atoms with van der Waals surface area (Å²) in [5.41, 5.74) is 0. The number of halogens is 2. The second-order valence-electron chi connectivity index (χ2n) is 2.42. The summed E-state index contributed by atoms with van der Waals surface area (Å²) < 4.78 is 37.4. The Kier molecular flexibility index (Phi) is 2.66. The Balaban J connectivity index is 2.48. The largest absolute Gasteiger partial charge is 0.610 e. The first-order valence-electron chi connectivity index (χ1n) is 3.46. The van der Waals surface area contributed by atoms with Gasteiger partial charge >= 0.3 is 7.99 Å². The first-order chi connectivity index (χ1) is 5.08. The first-order valence-corrected chi connectivity index (χ1v) is 4.86. The molecule has 0 unspecified atom stereocenters. The summed E-state index contributed by atoms with van der Waals surface area (Å²) in [7, 11) is -5.30. The molecule has 0 saturated carbocycles. The average Bonchev–Trinajstić information content (AvgIpc) is 1.85. The van der Waals surface area contributed by atoms with Gasteiger partial charge in [-0.3, -0.25) is 0 Å². The van der Waals surface area contributed by atoms with Crippen molar-refractivity contribution in [2.24, 2.45) is 0 Å². The standard InChI is InChI=1S/C6H9F2O2P/c7-11(8,9)10-6-4-2-1-3-5-6/h4H,1-3,5H2. The van der Waals surface area contributed by atoms with E-state index in [-0.39, 0.29) is 5.76 Å². The van der Waals surface area contributed by atoms with Crippen LogP contribution in [0.1, 0.15) is 25.7 Å². The molecule has 64 valence electrons. The smallest absolute Gasteiger partial charge is 0.403 e. The van der Waals surface area contributed by atoms with Crippen molar-refractivity contribution in [3.8, 4) is 0 Å². The van der Waals surface area contributed by atoms with Gasteiger partial charge in [0.2, 0.25) is 0 Å². The molecule has 0 aromatic carbocycles. The Morgan fingerprint density at radius 1 is 1.45 bits per heavy atom. The van der Waals surface area contributed by atoms with Gasteiger partial charge in [0.25, 0.3) is 0 Å². The summed E-state index contributed by atoms with van der Waals surface area (Å²) in [6.45, 7) is 0. The minimum absolute atomic E-state index is 0.185. The lowest BCUT2D eigenvalue weighted by molar-refractivity contribution is 0.305. The molecule has 1 aliphatic carbocycles. The van der Waals surface area contributed by atoms with E-state index >= 15 is 0 Å². The van der Waals surface area contributed by atoms with Crippen molar-refractivity contribution < 1.29 is 17.5 Å². The van der Waals surface area contributed by atoms with E-state index in [0.717, 1.165) is 19.3 Å². The minimum atomic E-state index is -5.30. The number of allylic oxidation sites excluding steroid dienone is 2. The second-order valence-corrected chi connectivity index (χ2v) is 3.43. The Morgan fingerprint density at radius 2 is 2.18 bits per heavy atom. The molecule has 1 aliphatic rings. The molecule has 0 atom stereocenters. The van der Waals surface area contributed by atoms with Gasteiger partial charge < -0.3 is 4.52 Å². The van der Waals surface area contributed by atoms with Gasteiger partial charge in [0.05, 0.1) is 0 Å². The zero-order valence-corrected chi connectivity index (χ0v) is 6.82. The molecule has 0 aromatic rings. The maximum atomic E-state index is 11.8. The minimum Gasteiger partial charge on any atom is -0.403 e. The quantitative estimate of drug-likeness (QED) is 0.610. The Morgan fingerprint density at radius 3 is 2.64 bits per heavy atom. The van der Waals surface area contributed by atoms with Gasteiger partial charge in [-0.15, -0.1) is 8.39 Å². The fourth-order valence-corrected chi connectivity index (χ4v) is 1.47. The van der Waals surface area contributed by atoms with Crippen LogP contribution < -0.4 is 0 Å². The molecule has 11 heavy (non-hydrogen) atoms. The fourth-order valence-electron chi connectivity index (χ4n) is 1.03. The number of rotatable bonds is 2. The lowest BCUT2D eigenvalue weighted by atomic mass is 10.1. The summed E-state index contributed by atoms with van der Waals surface area (Å²) in [4.78, 5) is 0. The molecule has 0 saturated heterocycles.